The molecule has 49 heavy (non-hydrogen) atoms. The quantitative estimate of drug-likeness (QED) is 0.0408. The van der Waals surface area contributed by atoms with Crippen LogP contribution < -0.4 is 4.74 Å². The number of unbranched alkanes of at least 4 members (excludes halogenated alkanes) is 9. The molecule has 0 spiro atoms. The third-order valence-electron chi connectivity index (χ3n) is 7.74. The molecule has 0 aliphatic carbocycles. The van der Waals surface area contributed by atoms with Gasteiger partial charge in [-0.2, -0.15) is 0 Å². The molecule has 2 aromatic rings. The van der Waals surface area contributed by atoms with Gasteiger partial charge in [-0.3, -0.25) is 0 Å². The molecule has 262 valence electrons. The molecule has 2 N–H and O–H groups in total. The van der Waals surface area contributed by atoms with Crippen LogP contribution >= 0.6 is 0 Å². The number of hydrogen-bond acceptors (Lipinski definition) is 4. The first kappa shape index (κ1) is 40.6. The van der Waals surface area contributed by atoms with Crippen molar-refractivity contribution in [3.8, 4) is 17.2 Å². The Balaban J connectivity index is 1.77. The maximum atomic E-state index is 12.7. The summed E-state index contributed by atoms with van der Waals surface area (Å²) in [5.74, 6) is 0.923. The van der Waals surface area contributed by atoms with E-state index in [0.717, 1.165) is 36.0 Å². The van der Waals surface area contributed by atoms with Crippen LogP contribution in [0.15, 0.2) is 128 Å². The van der Waals surface area contributed by atoms with E-state index in [0.29, 0.717) is 18.1 Å². The minimum absolute atomic E-state index is 0.220. The van der Waals surface area contributed by atoms with E-state index in [-0.39, 0.29) is 11.5 Å². The number of ether oxygens (including phenoxy) is 1. The van der Waals surface area contributed by atoms with E-state index < -0.39 is 5.97 Å². The van der Waals surface area contributed by atoms with E-state index in [1.807, 2.05) is 103 Å². The van der Waals surface area contributed by atoms with Gasteiger partial charge in [-0.05, 0) is 60.6 Å². The molecule has 0 radical (unpaired) electrons. The third kappa shape index (κ3) is 20.4. The highest BCUT2D eigenvalue weighted by atomic mass is 16.5. The average Bonchev–Trinajstić information content (AvgIpc) is 3.07. The van der Waals surface area contributed by atoms with Crippen molar-refractivity contribution in [3.05, 3.63) is 144 Å². The molecule has 0 saturated heterocycles. The molecule has 0 aromatic heterocycles. The van der Waals surface area contributed by atoms with Crippen molar-refractivity contribution in [1.82, 2.24) is 0 Å². The number of phenolic OH excluding ortho intramolecular Hbond substituents is 2. The van der Waals surface area contributed by atoms with Gasteiger partial charge in [0.05, 0.1) is 0 Å². The molecule has 0 aliphatic heterocycles. The Morgan fingerprint density at radius 1 is 0.653 bits per heavy atom. The Hall–Kier alpha value is -4.57. The smallest absolute Gasteiger partial charge is 0.336 e. The van der Waals surface area contributed by atoms with E-state index in [9.17, 15) is 15.0 Å². The summed E-state index contributed by atoms with van der Waals surface area (Å²) in [5, 5.41) is 20.2. The summed E-state index contributed by atoms with van der Waals surface area (Å²) in [7, 11) is 0. The number of allylic oxidation sites excluding steroid dienone is 14. The maximum absolute atomic E-state index is 12.7. The highest BCUT2D eigenvalue weighted by molar-refractivity contribution is 5.84. The lowest BCUT2D eigenvalue weighted by molar-refractivity contribution is -0.129. The van der Waals surface area contributed by atoms with E-state index in [4.69, 9.17) is 4.74 Å². The van der Waals surface area contributed by atoms with Crippen molar-refractivity contribution in [3.63, 3.8) is 0 Å². The molecule has 4 heteroatoms. The normalized spacial score (nSPS) is 12.7. The molecule has 2 rings (SSSR count). The molecule has 0 bridgehead atoms. The van der Waals surface area contributed by atoms with E-state index >= 15 is 0 Å². The SMILES string of the molecule is CCCCCCCCCCCCc1c(O)cc(CC(C)C)cc1OC(=O)/C=C/C=C/C=C/C=C/C=C/C=C/C=C/C=C/c1ccc(O)cc1. The average molecular weight is 663 g/mol. The first-order chi connectivity index (χ1) is 23.9. The van der Waals surface area contributed by atoms with Crippen LogP contribution in [0.3, 0.4) is 0 Å². The van der Waals surface area contributed by atoms with Crippen LogP contribution in [-0.4, -0.2) is 16.2 Å². The summed E-state index contributed by atoms with van der Waals surface area (Å²) in [6.07, 6.45) is 43.9. The van der Waals surface area contributed by atoms with Crippen LogP contribution in [0.25, 0.3) is 6.08 Å². The van der Waals surface area contributed by atoms with Crippen LogP contribution in [0.5, 0.6) is 17.2 Å². The second kappa shape index (κ2) is 26.4. The zero-order valence-electron chi connectivity index (χ0n) is 30.0. The zero-order valence-corrected chi connectivity index (χ0v) is 30.0. The Labute approximate surface area is 296 Å². The number of carbonyl (C=O) groups excluding carboxylic acids is 1. The van der Waals surface area contributed by atoms with Gasteiger partial charge in [0.2, 0.25) is 0 Å². The third-order valence-corrected chi connectivity index (χ3v) is 7.74. The fraction of sp³-hybridized carbons (Fsp3) is 0.356. The molecule has 0 saturated carbocycles. The minimum atomic E-state index is -0.458. The van der Waals surface area contributed by atoms with Gasteiger partial charge in [-0.1, -0.05) is 182 Å². The topological polar surface area (TPSA) is 66.8 Å². The molecular formula is C45H58O4. The number of carbonyl (C=O) groups is 1. The van der Waals surface area contributed by atoms with Gasteiger partial charge >= 0.3 is 5.97 Å². The molecule has 0 fully saturated rings. The lowest BCUT2D eigenvalue weighted by Crippen LogP contribution is -2.07. The zero-order chi connectivity index (χ0) is 35.4. The van der Waals surface area contributed by atoms with Crippen LogP contribution in [0.1, 0.15) is 102 Å². The Kier molecular flexibility index (Phi) is 21.9. The van der Waals surface area contributed by atoms with Crippen molar-refractivity contribution < 1.29 is 19.7 Å². The van der Waals surface area contributed by atoms with Gasteiger partial charge < -0.3 is 14.9 Å². The number of phenols is 2. The summed E-state index contributed by atoms with van der Waals surface area (Å²) in [6.45, 7) is 6.52. The van der Waals surface area contributed by atoms with Gasteiger partial charge in [0.15, 0.2) is 0 Å². The van der Waals surface area contributed by atoms with Crippen LogP contribution in [0.2, 0.25) is 0 Å². The molecule has 2 aromatic carbocycles. The van der Waals surface area contributed by atoms with Crippen LogP contribution in [0, 0.1) is 5.92 Å². The summed E-state index contributed by atoms with van der Waals surface area (Å²) in [4.78, 5) is 12.7. The van der Waals surface area contributed by atoms with Crippen molar-refractivity contribution >= 4 is 12.0 Å². The maximum Gasteiger partial charge on any atom is 0.336 e. The van der Waals surface area contributed by atoms with Gasteiger partial charge in [0, 0.05) is 11.6 Å². The van der Waals surface area contributed by atoms with Gasteiger partial charge in [0.1, 0.15) is 17.2 Å². The Morgan fingerprint density at radius 3 is 1.67 bits per heavy atom. The molecule has 0 aliphatic rings. The number of hydrogen-bond donors (Lipinski definition) is 2. The van der Waals surface area contributed by atoms with Gasteiger partial charge in [0.25, 0.3) is 0 Å². The summed E-state index contributed by atoms with van der Waals surface area (Å²) >= 11 is 0. The van der Waals surface area contributed by atoms with Crippen LogP contribution in [-0.2, 0) is 17.6 Å². The first-order valence-corrected chi connectivity index (χ1v) is 18.1. The first-order valence-electron chi connectivity index (χ1n) is 18.1. The molecule has 0 amide bonds. The fourth-order valence-electron chi connectivity index (χ4n) is 5.21. The number of esters is 1. The highest BCUT2D eigenvalue weighted by Crippen LogP contribution is 2.33. The largest absolute Gasteiger partial charge is 0.508 e. The second-order valence-electron chi connectivity index (χ2n) is 12.7. The lowest BCUT2D eigenvalue weighted by Gasteiger charge is -2.14. The molecule has 0 heterocycles. The predicted octanol–water partition coefficient (Wildman–Crippen LogP) is 12.3. The van der Waals surface area contributed by atoms with E-state index in [1.54, 1.807) is 24.3 Å². The van der Waals surface area contributed by atoms with Crippen molar-refractivity contribution in [2.24, 2.45) is 5.92 Å². The lowest BCUT2D eigenvalue weighted by atomic mass is 9.97. The van der Waals surface area contributed by atoms with Crippen molar-refractivity contribution in [2.45, 2.75) is 97.8 Å². The molecular weight excluding hydrogens is 604 g/mol. The van der Waals surface area contributed by atoms with Crippen molar-refractivity contribution in [2.75, 3.05) is 0 Å². The minimum Gasteiger partial charge on any atom is -0.508 e. The van der Waals surface area contributed by atoms with Crippen LogP contribution in [0.4, 0.5) is 0 Å². The number of rotatable bonds is 23. The summed E-state index contributed by atoms with van der Waals surface area (Å²) in [6, 6.07) is 10.8. The Bertz CT molecular complexity index is 1450. The van der Waals surface area contributed by atoms with E-state index in [1.165, 1.54) is 57.4 Å². The molecule has 4 nitrogen and oxygen atoms in total. The van der Waals surface area contributed by atoms with Gasteiger partial charge in [-0.25, -0.2) is 4.79 Å². The second-order valence-corrected chi connectivity index (χ2v) is 12.7. The van der Waals surface area contributed by atoms with Crippen molar-refractivity contribution in [1.29, 1.82) is 0 Å². The Morgan fingerprint density at radius 2 is 1.14 bits per heavy atom. The fourth-order valence-corrected chi connectivity index (χ4v) is 5.21. The standard InChI is InChI=1S/C45H58O4/c1-4-5-6-7-8-9-17-20-23-26-29-42-43(47)36-40(35-38(2)3)37-44(42)49-45(48)30-27-24-21-18-15-13-11-10-12-14-16-19-22-25-28-39-31-33-41(46)34-32-39/h10-16,18-19,21-22,24-25,27-28,30-34,36-38,46-47H,4-9,17,20,23,26,29,35H2,1-3H3/b12-10+,13-11+,16-14+,18-15+,22-19+,24-21+,28-25+,30-27+. The molecule has 0 atom stereocenters. The predicted molar refractivity (Wildman–Crippen MR) is 209 cm³/mol. The summed E-state index contributed by atoms with van der Waals surface area (Å²) in [5.41, 5.74) is 2.73. The molecule has 0 unspecified atom stereocenters. The van der Waals surface area contributed by atoms with E-state index in [2.05, 4.69) is 20.8 Å². The number of aromatic hydroxyl groups is 2. The van der Waals surface area contributed by atoms with Gasteiger partial charge in [-0.15, -0.1) is 0 Å². The number of benzene rings is 2. The monoisotopic (exact) mass is 662 g/mol. The summed E-state index contributed by atoms with van der Waals surface area (Å²) < 4.78 is 5.75. The highest BCUT2D eigenvalue weighted by Gasteiger charge is 2.15.